The van der Waals surface area contributed by atoms with Crippen molar-refractivity contribution in [2.45, 2.75) is 13.5 Å². The standard InChI is InChI=1S/C14H19N3O3/c1-10-7-17(9-12(10)13(18)19)14(20)16(2)8-11-3-5-15-6-4-11/h3-6,10,12H,7-9H2,1-2H3,(H,18,19)/t10-,12-/m1/s1. The van der Waals surface area contributed by atoms with Crippen LogP contribution in [0.1, 0.15) is 12.5 Å². The van der Waals surface area contributed by atoms with Crippen molar-refractivity contribution in [1.82, 2.24) is 14.8 Å². The molecule has 0 spiro atoms. The van der Waals surface area contributed by atoms with Crippen molar-refractivity contribution in [2.24, 2.45) is 11.8 Å². The van der Waals surface area contributed by atoms with Gasteiger partial charge in [0, 0.05) is 39.1 Å². The highest BCUT2D eigenvalue weighted by atomic mass is 16.4. The lowest BCUT2D eigenvalue weighted by molar-refractivity contribution is -0.142. The lowest BCUT2D eigenvalue weighted by Gasteiger charge is -2.24. The van der Waals surface area contributed by atoms with Gasteiger partial charge in [-0.3, -0.25) is 9.78 Å². The van der Waals surface area contributed by atoms with E-state index < -0.39 is 11.9 Å². The Bertz CT molecular complexity index is 492. The molecule has 2 atom stereocenters. The number of likely N-dealkylation sites (tertiary alicyclic amines) is 1. The molecule has 2 rings (SSSR count). The van der Waals surface area contributed by atoms with Crippen molar-refractivity contribution >= 4 is 12.0 Å². The molecule has 0 saturated carbocycles. The summed E-state index contributed by atoms with van der Waals surface area (Å²) in [5, 5.41) is 9.10. The Kier molecular flexibility index (Phi) is 4.22. The summed E-state index contributed by atoms with van der Waals surface area (Å²) in [6.07, 6.45) is 3.37. The molecule has 2 amide bonds. The number of aliphatic carboxylic acids is 1. The molecule has 0 aliphatic carbocycles. The number of carboxylic acids is 1. The van der Waals surface area contributed by atoms with E-state index in [4.69, 9.17) is 5.11 Å². The SMILES string of the molecule is C[C@@H]1CN(C(=O)N(C)Cc2ccncc2)C[C@H]1C(=O)O. The first-order valence-electron chi connectivity index (χ1n) is 6.60. The van der Waals surface area contributed by atoms with Gasteiger partial charge in [0.15, 0.2) is 0 Å². The number of rotatable bonds is 3. The fraction of sp³-hybridized carbons (Fsp3) is 0.500. The zero-order valence-electron chi connectivity index (χ0n) is 11.7. The van der Waals surface area contributed by atoms with Crippen LogP contribution in [0.5, 0.6) is 0 Å². The molecule has 0 bridgehead atoms. The van der Waals surface area contributed by atoms with Crippen molar-refractivity contribution in [3.63, 3.8) is 0 Å². The van der Waals surface area contributed by atoms with Crippen LogP contribution in [0.15, 0.2) is 24.5 Å². The minimum absolute atomic E-state index is 0.00854. The molecule has 108 valence electrons. The van der Waals surface area contributed by atoms with Crippen LogP contribution in [0.4, 0.5) is 4.79 Å². The number of carbonyl (C=O) groups excluding carboxylic acids is 1. The number of hydrogen-bond acceptors (Lipinski definition) is 3. The molecule has 0 radical (unpaired) electrons. The molecule has 1 fully saturated rings. The van der Waals surface area contributed by atoms with Crippen LogP contribution in [0.2, 0.25) is 0 Å². The van der Waals surface area contributed by atoms with Gasteiger partial charge >= 0.3 is 12.0 Å². The predicted octanol–water partition coefficient (Wildman–Crippen LogP) is 1.29. The maximum atomic E-state index is 12.3. The molecule has 1 aromatic rings. The number of aromatic nitrogens is 1. The smallest absolute Gasteiger partial charge is 0.320 e. The van der Waals surface area contributed by atoms with E-state index in [2.05, 4.69) is 4.98 Å². The van der Waals surface area contributed by atoms with E-state index in [1.165, 1.54) is 0 Å². The van der Waals surface area contributed by atoms with E-state index in [1.54, 1.807) is 29.2 Å². The van der Waals surface area contributed by atoms with Crippen LogP contribution in [-0.4, -0.2) is 52.0 Å². The van der Waals surface area contributed by atoms with E-state index >= 15 is 0 Å². The molecular formula is C14H19N3O3. The van der Waals surface area contributed by atoms with Crippen molar-refractivity contribution in [3.05, 3.63) is 30.1 Å². The normalized spacial score (nSPS) is 21.8. The summed E-state index contributed by atoms with van der Waals surface area (Å²) in [5.74, 6) is -1.30. The van der Waals surface area contributed by atoms with Gasteiger partial charge in [0.2, 0.25) is 0 Å². The predicted molar refractivity (Wildman–Crippen MR) is 73.0 cm³/mol. The van der Waals surface area contributed by atoms with E-state index in [0.717, 1.165) is 5.56 Å². The maximum absolute atomic E-state index is 12.3. The maximum Gasteiger partial charge on any atom is 0.320 e. The third-order valence-electron chi connectivity index (χ3n) is 3.70. The first kappa shape index (κ1) is 14.3. The molecule has 6 nitrogen and oxygen atoms in total. The van der Waals surface area contributed by atoms with Crippen molar-refractivity contribution in [3.8, 4) is 0 Å². The molecule has 1 saturated heterocycles. The quantitative estimate of drug-likeness (QED) is 0.903. The molecule has 2 heterocycles. The van der Waals surface area contributed by atoms with E-state index in [-0.39, 0.29) is 18.5 Å². The molecule has 0 aromatic carbocycles. The number of amides is 2. The second-order valence-corrected chi connectivity index (χ2v) is 5.32. The van der Waals surface area contributed by atoms with Gasteiger partial charge in [0.25, 0.3) is 0 Å². The Balaban J connectivity index is 1.96. The Labute approximate surface area is 118 Å². The van der Waals surface area contributed by atoms with Crippen LogP contribution < -0.4 is 0 Å². The van der Waals surface area contributed by atoms with Gasteiger partial charge in [-0.1, -0.05) is 6.92 Å². The first-order valence-corrected chi connectivity index (χ1v) is 6.60. The lowest BCUT2D eigenvalue weighted by atomic mass is 9.99. The largest absolute Gasteiger partial charge is 0.481 e. The zero-order chi connectivity index (χ0) is 14.7. The third-order valence-corrected chi connectivity index (χ3v) is 3.70. The Morgan fingerprint density at radius 3 is 2.60 bits per heavy atom. The molecule has 1 N–H and O–H groups in total. The van der Waals surface area contributed by atoms with Gasteiger partial charge in [-0.25, -0.2) is 4.79 Å². The average molecular weight is 277 g/mol. The van der Waals surface area contributed by atoms with E-state index in [9.17, 15) is 9.59 Å². The molecular weight excluding hydrogens is 258 g/mol. The molecule has 1 aliphatic heterocycles. The second kappa shape index (κ2) is 5.90. The van der Waals surface area contributed by atoms with Gasteiger partial charge in [-0.2, -0.15) is 0 Å². The molecule has 0 unspecified atom stereocenters. The highest BCUT2D eigenvalue weighted by Gasteiger charge is 2.37. The van der Waals surface area contributed by atoms with E-state index in [0.29, 0.717) is 13.1 Å². The minimum atomic E-state index is -0.829. The van der Waals surface area contributed by atoms with E-state index in [1.807, 2.05) is 19.1 Å². The Morgan fingerprint density at radius 2 is 2.05 bits per heavy atom. The van der Waals surface area contributed by atoms with Crippen molar-refractivity contribution < 1.29 is 14.7 Å². The number of hydrogen-bond donors (Lipinski definition) is 1. The van der Waals surface area contributed by atoms with Crippen LogP contribution in [0.3, 0.4) is 0 Å². The molecule has 6 heteroatoms. The number of pyridine rings is 1. The first-order chi connectivity index (χ1) is 9.49. The summed E-state index contributed by atoms with van der Waals surface area (Å²) < 4.78 is 0. The number of carbonyl (C=O) groups is 2. The topological polar surface area (TPSA) is 73.7 Å². The number of urea groups is 1. The summed E-state index contributed by atoms with van der Waals surface area (Å²) in [4.78, 5) is 30.5. The van der Waals surface area contributed by atoms with Crippen LogP contribution in [-0.2, 0) is 11.3 Å². The third kappa shape index (κ3) is 3.07. The van der Waals surface area contributed by atoms with Crippen molar-refractivity contribution in [1.29, 1.82) is 0 Å². The summed E-state index contributed by atoms with van der Waals surface area (Å²) in [6, 6.07) is 3.59. The Hall–Kier alpha value is -2.11. The highest BCUT2D eigenvalue weighted by molar-refractivity contribution is 5.77. The fourth-order valence-electron chi connectivity index (χ4n) is 2.52. The second-order valence-electron chi connectivity index (χ2n) is 5.32. The van der Waals surface area contributed by atoms with Crippen molar-refractivity contribution in [2.75, 3.05) is 20.1 Å². The van der Waals surface area contributed by atoms with Gasteiger partial charge in [0.1, 0.15) is 0 Å². The van der Waals surface area contributed by atoms with Gasteiger partial charge in [-0.05, 0) is 23.6 Å². The van der Waals surface area contributed by atoms with Gasteiger partial charge in [-0.15, -0.1) is 0 Å². The summed E-state index contributed by atoms with van der Waals surface area (Å²) in [5.41, 5.74) is 0.998. The summed E-state index contributed by atoms with van der Waals surface area (Å²) in [7, 11) is 1.72. The Morgan fingerprint density at radius 1 is 1.40 bits per heavy atom. The van der Waals surface area contributed by atoms with Gasteiger partial charge < -0.3 is 14.9 Å². The number of carboxylic acid groups (broad SMARTS) is 1. The molecule has 1 aromatic heterocycles. The monoisotopic (exact) mass is 277 g/mol. The minimum Gasteiger partial charge on any atom is -0.481 e. The summed E-state index contributed by atoms with van der Waals surface area (Å²) in [6.45, 7) is 3.14. The molecule has 20 heavy (non-hydrogen) atoms. The zero-order valence-corrected chi connectivity index (χ0v) is 11.7. The van der Waals surface area contributed by atoms with Crippen LogP contribution in [0.25, 0.3) is 0 Å². The fourth-order valence-corrected chi connectivity index (χ4v) is 2.52. The van der Waals surface area contributed by atoms with Gasteiger partial charge in [0.05, 0.1) is 5.92 Å². The molecule has 1 aliphatic rings. The lowest BCUT2D eigenvalue weighted by Crippen LogP contribution is -2.40. The van der Waals surface area contributed by atoms with Crippen LogP contribution in [0, 0.1) is 11.8 Å². The van der Waals surface area contributed by atoms with Crippen LogP contribution >= 0.6 is 0 Å². The number of nitrogens with zero attached hydrogens (tertiary/aromatic N) is 3. The average Bonchev–Trinajstić information content (AvgIpc) is 2.81. The highest BCUT2D eigenvalue weighted by Crippen LogP contribution is 2.24. The summed E-state index contributed by atoms with van der Waals surface area (Å²) >= 11 is 0.